The lowest BCUT2D eigenvalue weighted by molar-refractivity contribution is 0.391. The van der Waals surface area contributed by atoms with Crippen molar-refractivity contribution < 1.29 is 4.52 Å². The first-order valence-corrected chi connectivity index (χ1v) is 7.99. The molecule has 0 aliphatic rings. The fourth-order valence-electron chi connectivity index (χ4n) is 1.71. The van der Waals surface area contributed by atoms with Gasteiger partial charge in [-0.1, -0.05) is 45.0 Å². The van der Waals surface area contributed by atoms with Crippen molar-refractivity contribution in [3.05, 3.63) is 40.7 Å². The highest BCUT2D eigenvalue weighted by Gasteiger charge is 2.10. The van der Waals surface area contributed by atoms with Crippen LogP contribution in [0.15, 0.2) is 44.5 Å². The van der Waals surface area contributed by atoms with Crippen LogP contribution in [0.1, 0.15) is 5.89 Å². The molecule has 7 nitrogen and oxygen atoms in total. The molecule has 0 radical (unpaired) electrons. The number of hydrogen-bond acceptors (Lipinski definition) is 8. The van der Waals surface area contributed by atoms with Crippen molar-refractivity contribution in [2.24, 2.45) is 0 Å². The summed E-state index contributed by atoms with van der Waals surface area (Å²) in [6.07, 6.45) is 0. The predicted octanol–water partition coefficient (Wildman–Crippen LogP) is 2.75. The number of benzene rings is 1. The maximum absolute atomic E-state index is 5.62. The normalized spacial score (nSPS) is 10.8. The van der Waals surface area contributed by atoms with Crippen LogP contribution < -0.4 is 11.5 Å². The lowest BCUT2D eigenvalue weighted by Gasteiger charge is -2.00. The summed E-state index contributed by atoms with van der Waals surface area (Å²) in [5.41, 5.74) is 12.1. The summed E-state index contributed by atoms with van der Waals surface area (Å²) in [6, 6.07) is 9.18. The predicted molar refractivity (Wildman–Crippen MR) is 87.9 cm³/mol. The summed E-state index contributed by atoms with van der Waals surface area (Å²) < 4.78 is 6.18. The number of thioether (sulfide) groups is 1. The minimum atomic E-state index is 0.329. The second-order valence-corrected chi connectivity index (χ2v) is 6.17. The molecule has 0 fully saturated rings. The van der Waals surface area contributed by atoms with Gasteiger partial charge in [-0.15, -0.1) is 0 Å². The van der Waals surface area contributed by atoms with Crippen molar-refractivity contribution >= 4 is 39.3 Å². The van der Waals surface area contributed by atoms with E-state index in [9.17, 15) is 0 Å². The van der Waals surface area contributed by atoms with E-state index < -0.39 is 0 Å². The van der Waals surface area contributed by atoms with Gasteiger partial charge in [-0.2, -0.15) is 4.98 Å². The van der Waals surface area contributed by atoms with Gasteiger partial charge in [0.15, 0.2) is 5.16 Å². The molecule has 3 aromatic rings. The van der Waals surface area contributed by atoms with E-state index in [0.29, 0.717) is 34.3 Å². The Morgan fingerprint density at radius 3 is 2.59 bits per heavy atom. The van der Waals surface area contributed by atoms with E-state index in [0.717, 1.165) is 10.0 Å². The molecule has 0 atom stereocenters. The molecule has 4 N–H and O–H groups in total. The number of halogens is 1. The molecule has 0 saturated carbocycles. The van der Waals surface area contributed by atoms with Crippen molar-refractivity contribution in [2.75, 3.05) is 11.5 Å². The molecule has 3 rings (SSSR count). The zero-order valence-corrected chi connectivity index (χ0v) is 13.6. The summed E-state index contributed by atoms with van der Waals surface area (Å²) in [7, 11) is 0. The Kier molecular flexibility index (Phi) is 4.25. The smallest absolute Gasteiger partial charge is 0.237 e. The molecule has 0 spiro atoms. The molecular weight excluding hydrogens is 368 g/mol. The monoisotopic (exact) mass is 378 g/mol. The topological polar surface area (TPSA) is 117 Å². The minimum absolute atomic E-state index is 0.329. The molecule has 0 aliphatic carbocycles. The largest absolute Gasteiger partial charge is 0.383 e. The van der Waals surface area contributed by atoms with Gasteiger partial charge in [0, 0.05) is 16.1 Å². The quantitative estimate of drug-likeness (QED) is 0.525. The molecule has 2 heterocycles. The van der Waals surface area contributed by atoms with Crippen molar-refractivity contribution in [2.45, 2.75) is 10.9 Å². The van der Waals surface area contributed by atoms with Crippen molar-refractivity contribution in [1.29, 1.82) is 0 Å². The average Bonchev–Trinajstić information content (AvgIpc) is 2.93. The van der Waals surface area contributed by atoms with E-state index in [-0.39, 0.29) is 0 Å². The molecule has 0 bridgehead atoms. The van der Waals surface area contributed by atoms with Gasteiger partial charge in [-0.3, -0.25) is 0 Å². The van der Waals surface area contributed by atoms with Gasteiger partial charge in [-0.25, -0.2) is 9.97 Å². The lowest BCUT2D eigenvalue weighted by atomic mass is 10.2. The Labute approximate surface area is 138 Å². The molecule has 9 heteroatoms. The van der Waals surface area contributed by atoms with Crippen LogP contribution in [0.3, 0.4) is 0 Å². The number of nitrogens with zero attached hydrogens (tertiary/aromatic N) is 4. The third-order valence-electron chi connectivity index (χ3n) is 2.62. The Balaban J connectivity index is 1.72. The number of hydrogen-bond donors (Lipinski definition) is 2. The maximum Gasteiger partial charge on any atom is 0.237 e. The van der Waals surface area contributed by atoms with Crippen molar-refractivity contribution in [1.82, 2.24) is 20.1 Å². The van der Waals surface area contributed by atoms with Crippen LogP contribution in [0.5, 0.6) is 0 Å². The second-order valence-electron chi connectivity index (χ2n) is 4.31. The van der Waals surface area contributed by atoms with Gasteiger partial charge < -0.3 is 16.0 Å². The third kappa shape index (κ3) is 3.55. The van der Waals surface area contributed by atoms with Gasteiger partial charge in [0.2, 0.25) is 11.7 Å². The SMILES string of the molecule is Nc1cc(N)nc(SCc2nc(-c3cccc(Br)c3)no2)n1. The molecule has 2 aromatic heterocycles. The van der Waals surface area contributed by atoms with Crippen LogP contribution in [0, 0.1) is 0 Å². The van der Waals surface area contributed by atoms with E-state index in [2.05, 4.69) is 36.0 Å². The van der Waals surface area contributed by atoms with Crippen LogP contribution in [0.4, 0.5) is 11.6 Å². The molecule has 1 aromatic carbocycles. The third-order valence-corrected chi connectivity index (χ3v) is 3.95. The number of anilines is 2. The van der Waals surface area contributed by atoms with Gasteiger partial charge in [-0.05, 0) is 12.1 Å². The Morgan fingerprint density at radius 2 is 1.86 bits per heavy atom. The van der Waals surface area contributed by atoms with Crippen LogP contribution in [0.25, 0.3) is 11.4 Å². The molecule has 0 unspecified atom stereocenters. The summed E-state index contributed by atoms with van der Waals surface area (Å²) in [4.78, 5) is 12.5. The molecule has 112 valence electrons. The summed E-state index contributed by atoms with van der Waals surface area (Å²) in [5.74, 6) is 2.10. The molecule has 0 aliphatic heterocycles. The van der Waals surface area contributed by atoms with Gasteiger partial charge in [0.25, 0.3) is 0 Å². The first-order valence-electron chi connectivity index (χ1n) is 6.21. The summed E-state index contributed by atoms with van der Waals surface area (Å²) >= 11 is 4.74. The number of nitrogens with two attached hydrogens (primary N) is 2. The molecule has 0 amide bonds. The number of aromatic nitrogens is 4. The van der Waals surface area contributed by atoms with E-state index in [1.165, 1.54) is 17.8 Å². The van der Waals surface area contributed by atoms with Gasteiger partial charge in [0.05, 0.1) is 5.75 Å². The Hall–Kier alpha value is -2.13. The van der Waals surface area contributed by atoms with Crippen molar-refractivity contribution in [3.63, 3.8) is 0 Å². The van der Waals surface area contributed by atoms with E-state index in [1.54, 1.807) is 0 Å². The highest BCUT2D eigenvalue weighted by atomic mass is 79.9. The number of rotatable bonds is 4. The van der Waals surface area contributed by atoms with Crippen LogP contribution in [0.2, 0.25) is 0 Å². The lowest BCUT2D eigenvalue weighted by Crippen LogP contribution is -1.99. The first kappa shape index (κ1) is 14.8. The number of nitrogen functional groups attached to an aromatic ring is 2. The molecule has 0 saturated heterocycles. The second kappa shape index (κ2) is 6.32. The summed E-state index contributed by atoms with van der Waals surface area (Å²) in [6.45, 7) is 0. The van der Waals surface area contributed by atoms with Gasteiger partial charge in [0.1, 0.15) is 11.6 Å². The van der Waals surface area contributed by atoms with E-state index in [1.807, 2.05) is 24.3 Å². The Bertz CT molecular complexity index is 788. The average molecular weight is 379 g/mol. The summed E-state index contributed by atoms with van der Waals surface area (Å²) in [5, 5.41) is 4.44. The first-order chi connectivity index (χ1) is 10.6. The Morgan fingerprint density at radius 1 is 1.09 bits per heavy atom. The molecular formula is C13H11BrN6OS. The van der Waals surface area contributed by atoms with Crippen LogP contribution >= 0.6 is 27.7 Å². The maximum atomic E-state index is 5.62. The van der Waals surface area contributed by atoms with Crippen LogP contribution in [-0.2, 0) is 5.75 Å². The zero-order chi connectivity index (χ0) is 15.5. The fraction of sp³-hybridized carbons (Fsp3) is 0.0769. The highest BCUT2D eigenvalue weighted by Crippen LogP contribution is 2.24. The van der Waals surface area contributed by atoms with Gasteiger partial charge >= 0.3 is 0 Å². The van der Waals surface area contributed by atoms with Crippen molar-refractivity contribution in [3.8, 4) is 11.4 Å². The standard InChI is InChI=1S/C13H11BrN6OS/c14-8-3-1-2-7(4-8)12-19-11(21-20-12)6-22-13-17-9(15)5-10(16)18-13/h1-5H,6H2,(H4,15,16,17,18). The zero-order valence-electron chi connectivity index (χ0n) is 11.2. The highest BCUT2D eigenvalue weighted by molar-refractivity contribution is 9.10. The minimum Gasteiger partial charge on any atom is -0.383 e. The van der Waals surface area contributed by atoms with Crippen LogP contribution in [-0.4, -0.2) is 20.1 Å². The molecule has 22 heavy (non-hydrogen) atoms. The van der Waals surface area contributed by atoms with E-state index >= 15 is 0 Å². The van der Waals surface area contributed by atoms with E-state index in [4.69, 9.17) is 16.0 Å². The fourth-order valence-corrected chi connectivity index (χ4v) is 2.82.